The molecule has 1 atom stereocenters. The first-order chi connectivity index (χ1) is 29.3. The minimum absolute atomic E-state index is 0.0902. The van der Waals surface area contributed by atoms with Crippen LogP contribution in [-0.4, -0.2) is 6.04 Å². The van der Waals surface area contributed by atoms with Gasteiger partial charge in [0, 0.05) is 62.6 Å². The highest BCUT2D eigenvalue weighted by atomic mass is 15.2. The molecular weight excluding hydrogens is 717 g/mol. The molecule has 0 fully saturated rings. The van der Waals surface area contributed by atoms with Crippen LogP contribution in [0.2, 0.25) is 0 Å². The highest BCUT2D eigenvalue weighted by Crippen LogP contribution is 2.40. The van der Waals surface area contributed by atoms with Crippen LogP contribution in [0.4, 0.5) is 56.9 Å². The van der Waals surface area contributed by atoms with Crippen LogP contribution < -0.4 is 19.6 Å². The predicted molar refractivity (Wildman–Crippen MR) is 250 cm³/mol. The second-order valence-electron chi connectivity index (χ2n) is 14.2. The van der Waals surface area contributed by atoms with Gasteiger partial charge in [0.15, 0.2) is 0 Å². The Labute approximate surface area is 347 Å². The van der Waals surface area contributed by atoms with Crippen LogP contribution in [0.25, 0.3) is 0 Å². The van der Waals surface area contributed by atoms with Gasteiger partial charge in [-0.25, -0.2) is 0 Å². The zero-order chi connectivity index (χ0) is 39.6. The van der Waals surface area contributed by atoms with Gasteiger partial charge in [-0.15, -0.1) is 0 Å². The van der Waals surface area contributed by atoms with E-state index in [2.05, 4.69) is 281 Å². The molecule has 0 aromatic heterocycles. The predicted octanol–water partition coefficient (Wildman–Crippen LogP) is 15.0. The molecule has 8 aromatic carbocycles. The van der Waals surface area contributed by atoms with E-state index in [-0.39, 0.29) is 6.04 Å². The van der Waals surface area contributed by atoms with Gasteiger partial charge in [0.25, 0.3) is 0 Å². The number of nitrogens with zero attached hydrogens (tertiary/aromatic N) is 4. The second-order valence-corrected chi connectivity index (χ2v) is 14.2. The maximum Gasteiger partial charge on any atom is 0.0713 e. The van der Waals surface area contributed by atoms with Crippen molar-refractivity contribution in [3.05, 3.63) is 267 Å². The second kappa shape index (κ2) is 17.5. The Bertz CT molecular complexity index is 2380. The fourth-order valence-corrected chi connectivity index (χ4v) is 7.73. The van der Waals surface area contributed by atoms with Crippen LogP contribution in [-0.2, 0) is 0 Å². The van der Waals surface area contributed by atoms with Crippen molar-refractivity contribution in [2.75, 3.05) is 19.6 Å². The van der Waals surface area contributed by atoms with Crippen LogP contribution in [0.1, 0.15) is 0 Å². The molecular formula is C55H44N4. The molecule has 0 radical (unpaired) electrons. The van der Waals surface area contributed by atoms with Gasteiger partial charge in [-0.1, -0.05) is 127 Å². The lowest BCUT2D eigenvalue weighted by Gasteiger charge is -2.32. The molecule has 1 aliphatic carbocycles. The zero-order valence-corrected chi connectivity index (χ0v) is 32.7. The standard InChI is InChI=1S/C55H44N4/c1-7-20-44(21-8-1)56(45-22-9-2-10-23-45)50-32-19-33-51(35-34-50)59(54-40-36-52(37-41-54)57(46-24-11-3-12-25-46)47-26-13-4-14-27-47)55-42-38-53(39-43-55)58(48-28-15-5-16-29-48)49-30-17-6-18-31-49/h1-43,51H. The van der Waals surface area contributed by atoms with E-state index in [1.54, 1.807) is 0 Å². The molecule has 0 amide bonds. The Hall–Kier alpha value is -7.82. The number of rotatable bonds is 12. The Morgan fingerprint density at radius 3 is 0.847 bits per heavy atom. The van der Waals surface area contributed by atoms with E-state index in [9.17, 15) is 0 Å². The molecule has 0 bridgehead atoms. The van der Waals surface area contributed by atoms with Gasteiger partial charge in [0.2, 0.25) is 0 Å². The largest absolute Gasteiger partial charge is 0.331 e. The molecule has 9 rings (SSSR count). The summed E-state index contributed by atoms with van der Waals surface area (Å²) in [6.45, 7) is 0. The molecule has 1 aliphatic rings. The molecule has 8 aromatic rings. The van der Waals surface area contributed by atoms with Gasteiger partial charge in [0.05, 0.1) is 6.04 Å². The van der Waals surface area contributed by atoms with Crippen molar-refractivity contribution in [1.29, 1.82) is 0 Å². The molecule has 0 saturated carbocycles. The van der Waals surface area contributed by atoms with Crippen molar-refractivity contribution >= 4 is 56.9 Å². The van der Waals surface area contributed by atoms with E-state index in [0.29, 0.717) is 0 Å². The molecule has 0 heterocycles. The topological polar surface area (TPSA) is 13.0 Å². The van der Waals surface area contributed by atoms with Gasteiger partial charge < -0.3 is 19.6 Å². The first-order valence-corrected chi connectivity index (χ1v) is 20.1. The summed E-state index contributed by atoms with van der Waals surface area (Å²) in [4.78, 5) is 9.32. The van der Waals surface area contributed by atoms with Gasteiger partial charge in [0.1, 0.15) is 0 Å². The van der Waals surface area contributed by atoms with Crippen molar-refractivity contribution < 1.29 is 0 Å². The van der Waals surface area contributed by atoms with E-state index in [4.69, 9.17) is 0 Å². The zero-order valence-electron chi connectivity index (χ0n) is 32.7. The summed E-state index contributed by atoms with van der Waals surface area (Å²) < 4.78 is 0. The van der Waals surface area contributed by atoms with Gasteiger partial charge in [-0.2, -0.15) is 0 Å². The fourth-order valence-electron chi connectivity index (χ4n) is 7.73. The number of allylic oxidation sites excluding steroid dienone is 3. The Morgan fingerprint density at radius 1 is 0.254 bits per heavy atom. The fraction of sp³-hybridized carbons (Fsp3) is 0.0182. The van der Waals surface area contributed by atoms with Crippen molar-refractivity contribution in [1.82, 2.24) is 0 Å². The lowest BCUT2D eigenvalue weighted by molar-refractivity contribution is 0.943. The minimum Gasteiger partial charge on any atom is -0.331 e. The average molecular weight is 761 g/mol. The first-order valence-electron chi connectivity index (χ1n) is 20.1. The van der Waals surface area contributed by atoms with Crippen LogP contribution in [0.5, 0.6) is 0 Å². The molecule has 284 valence electrons. The average Bonchev–Trinajstić information content (AvgIpc) is 3.56. The van der Waals surface area contributed by atoms with Crippen LogP contribution in [0.15, 0.2) is 267 Å². The number of hydrogen-bond donors (Lipinski definition) is 0. The van der Waals surface area contributed by atoms with Crippen molar-refractivity contribution in [3.8, 4) is 0 Å². The quantitative estimate of drug-likeness (QED) is 0.123. The smallest absolute Gasteiger partial charge is 0.0713 e. The summed E-state index contributed by atoms with van der Waals surface area (Å²) in [5.74, 6) is 0. The first kappa shape index (κ1) is 36.8. The van der Waals surface area contributed by atoms with Gasteiger partial charge in [-0.05, 0) is 133 Å². The van der Waals surface area contributed by atoms with Crippen LogP contribution >= 0.6 is 0 Å². The molecule has 0 N–H and O–H groups in total. The molecule has 1 unspecified atom stereocenters. The molecule has 0 aliphatic heterocycles. The molecule has 59 heavy (non-hydrogen) atoms. The monoisotopic (exact) mass is 760 g/mol. The summed E-state index contributed by atoms with van der Waals surface area (Å²) in [5, 5.41) is 0. The third-order valence-electron chi connectivity index (χ3n) is 10.5. The summed E-state index contributed by atoms with van der Waals surface area (Å²) in [6, 6.07) is 81.1. The SMILES string of the molecule is C1=CC(N(c2ccc(N(c3ccccc3)c3ccccc3)cc2)c2ccc(N(c3ccccc3)c3ccccc3)cc2)C=CC(N(c2ccccc2)c2ccccc2)=C1. The molecule has 0 spiro atoms. The summed E-state index contributed by atoms with van der Waals surface area (Å²) >= 11 is 0. The Morgan fingerprint density at radius 2 is 0.525 bits per heavy atom. The highest BCUT2D eigenvalue weighted by Gasteiger charge is 2.22. The van der Waals surface area contributed by atoms with E-state index in [1.807, 2.05) is 0 Å². The lowest BCUT2D eigenvalue weighted by Crippen LogP contribution is -2.28. The van der Waals surface area contributed by atoms with E-state index >= 15 is 0 Å². The lowest BCUT2D eigenvalue weighted by atomic mass is 10.1. The third-order valence-corrected chi connectivity index (χ3v) is 10.5. The highest BCUT2D eigenvalue weighted by molar-refractivity contribution is 5.81. The summed E-state index contributed by atoms with van der Waals surface area (Å²) in [5.41, 5.74) is 12.0. The number of hydrogen-bond acceptors (Lipinski definition) is 4. The van der Waals surface area contributed by atoms with Crippen molar-refractivity contribution in [3.63, 3.8) is 0 Å². The number of benzene rings is 8. The van der Waals surface area contributed by atoms with E-state index < -0.39 is 0 Å². The maximum atomic E-state index is 2.41. The third kappa shape index (κ3) is 8.20. The van der Waals surface area contributed by atoms with E-state index in [0.717, 1.165) is 62.6 Å². The molecule has 0 saturated heterocycles. The van der Waals surface area contributed by atoms with Crippen molar-refractivity contribution in [2.45, 2.75) is 6.04 Å². The van der Waals surface area contributed by atoms with Crippen LogP contribution in [0.3, 0.4) is 0 Å². The summed E-state index contributed by atoms with van der Waals surface area (Å²) in [6.07, 6.45) is 11.2. The maximum absolute atomic E-state index is 2.41. The van der Waals surface area contributed by atoms with Crippen molar-refractivity contribution in [2.24, 2.45) is 0 Å². The molecule has 4 nitrogen and oxygen atoms in total. The van der Waals surface area contributed by atoms with Crippen LogP contribution in [0, 0.1) is 0 Å². The minimum atomic E-state index is -0.0902. The summed E-state index contributed by atoms with van der Waals surface area (Å²) in [7, 11) is 0. The number of anilines is 10. The van der Waals surface area contributed by atoms with E-state index in [1.165, 1.54) is 0 Å². The normalized spacial score (nSPS) is 13.2. The molecule has 4 heteroatoms. The van der Waals surface area contributed by atoms with Gasteiger partial charge in [-0.3, -0.25) is 0 Å². The Balaban J connectivity index is 1.11. The number of para-hydroxylation sites is 6. The van der Waals surface area contributed by atoms with Gasteiger partial charge >= 0.3 is 0 Å². The Kier molecular flexibility index (Phi) is 10.9.